The monoisotopic (exact) mass is 1770 g/mol. The Labute approximate surface area is 772 Å². The van der Waals surface area contributed by atoms with Gasteiger partial charge in [0.2, 0.25) is 40.2 Å². The molecule has 0 fully saturated rings. The normalized spacial score (nSPS) is 12.7. The van der Waals surface area contributed by atoms with Crippen LogP contribution < -0.4 is 38.4 Å². The SMILES string of the molecule is CCC(c1ccc(C)cc1)n1c(=N)n([C@H](COC)Cc2ccc(C)cc2)c2ccccc21.Cc1ccc(C[C@@H](CNC(=O)CO)n2c(=N)n(Cc3ccc(C)cc3)c3ccccc32)cc1.Cc1ccc(C[C@@H](CNC(=O)[C@H](C)O)n2c(=N)n(Cc3ccc(C)cc3)c3ccccc32)cc1.Cc1ccc(C[C@H](CNC(=O)CO)n2c(=N)n(Cc3ccc(C)cc3)c3ccccc32)cc1. The predicted octanol–water partition coefficient (Wildman–Crippen LogP) is 16.8. The average molecular weight is 1770 g/mol. The van der Waals surface area contributed by atoms with Crippen LogP contribution in [0.2, 0.25) is 0 Å². The summed E-state index contributed by atoms with van der Waals surface area (Å²) in [5.41, 5.74) is 28.6. The van der Waals surface area contributed by atoms with Gasteiger partial charge in [0.05, 0.1) is 101 Å². The number of carbonyl (C=O) groups is 3. The molecular formula is C110H125N15O7. The molecule has 0 bridgehead atoms. The van der Waals surface area contributed by atoms with Gasteiger partial charge in [-0.25, -0.2) is 0 Å². The maximum absolute atomic E-state index is 12.2. The van der Waals surface area contributed by atoms with Crippen LogP contribution in [0.15, 0.2) is 291 Å². The molecule has 16 aromatic rings. The highest BCUT2D eigenvalue weighted by Gasteiger charge is 2.28. The van der Waals surface area contributed by atoms with E-state index in [1.165, 1.54) is 62.6 Å². The van der Waals surface area contributed by atoms with Gasteiger partial charge in [-0.15, -0.1) is 0 Å². The second-order valence-electron chi connectivity index (χ2n) is 34.8. The lowest BCUT2D eigenvalue weighted by Crippen LogP contribution is -2.40. The highest BCUT2D eigenvalue weighted by molar-refractivity contribution is 5.82. The summed E-state index contributed by atoms with van der Waals surface area (Å²) in [5, 5.41) is 73.2. The third-order valence-electron chi connectivity index (χ3n) is 24.6. The number of methoxy groups -OCH3 is 1. The molecule has 0 aliphatic rings. The minimum Gasteiger partial charge on any atom is -0.387 e. The fraction of sp³-hybridized carbons (Fsp3) is 0.282. The number of carbonyl (C=O) groups excluding carboxylic acids is 3. The molecule has 682 valence electrons. The van der Waals surface area contributed by atoms with Crippen LogP contribution in [0.25, 0.3) is 44.1 Å². The quantitative estimate of drug-likeness (QED) is 0.0194. The standard InChI is InChI=1S/C28H32N4O2.C28H33N3O.2C27H30N4O2/c1-19-8-12-22(13-9-19)16-24(17-30-27(34)21(3)33)32-26-7-5-4-6-25(26)31(28(32)29)18-23-14-10-20(2)11-15-23;1-5-25(23-16-12-21(3)13-17-23)31-27-9-7-6-8-26(27)30(28(31)29)24(19-32-4)18-22-14-10-20(2)11-15-22;2*1-19-7-11-21(12-8-19)15-23(16-29-26(33)18-32)31-25-6-4-3-5-24(25)30(27(31)28)17-22-13-9-20(2)10-14-22/h4-15,21,24,29,33H,16-18H2,1-3H3,(H,30,34);6-17,24-25,29H,5,18-19H2,1-4H3;2*3-14,23,28,32H,15-18H2,1-2H3,(H,29,33)/t21-,24-;24-,25?;2*23-/m0010/s1. The summed E-state index contributed by atoms with van der Waals surface area (Å²) in [6.45, 7) is 22.4. The Bertz CT molecular complexity index is 6610. The number of imidazole rings is 4. The fourth-order valence-corrected chi connectivity index (χ4v) is 17.3. The van der Waals surface area contributed by atoms with Gasteiger partial charge in [0.1, 0.15) is 19.3 Å². The molecule has 132 heavy (non-hydrogen) atoms. The van der Waals surface area contributed by atoms with Crippen molar-refractivity contribution in [3.8, 4) is 0 Å². The Morgan fingerprint density at radius 3 is 0.818 bits per heavy atom. The number of nitrogens with one attached hydrogen (secondary N) is 7. The fourth-order valence-electron chi connectivity index (χ4n) is 17.3. The Hall–Kier alpha value is -14.0. The Kier molecular flexibility index (Phi) is 32.6. The first kappa shape index (κ1) is 95.6. The first-order chi connectivity index (χ1) is 63.8. The molecule has 16 rings (SSSR count). The molecule has 6 atom stereocenters. The maximum Gasteiger partial charge on any atom is 0.248 e. The summed E-state index contributed by atoms with van der Waals surface area (Å²) in [6, 6.07) is 99.5. The summed E-state index contributed by atoms with van der Waals surface area (Å²) in [7, 11) is 1.74. The van der Waals surface area contributed by atoms with Crippen molar-refractivity contribution in [3.63, 3.8) is 0 Å². The summed E-state index contributed by atoms with van der Waals surface area (Å²) in [5.74, 6) is -1.25. The van der Waals surface area contributed by atoms with Crippen molar-refractivity contribution in [1.82, 2.24) is 52.5 Å². The van der Waals surface area contributed by atoms with Gasteiger partial charge >= 0.3 is 0 Å². The van der Waals surface area contributed by atoms with Crippen LogP contribution in [0, 0.1) is 77.0 Å². The van der Waals surface area contributed by atoms with Gasteiger partial charge in [-0.3, -0.25) is 36.0 Å². The van der Waals surface area contributed by atoms with Gasteiger partial charge in [-0.2, -0.15) is 0 Å². The molecule has 0 aliphatic heterocycles. The van der Waals surface area contributed by atoms with Crippen LogP contribution in [-0.2, 0) is 64.4 Å². The van der Waals surface area contributed by atoms with Crippen molar-refractivity contribution >= 4 is 61.9 Å². The molecule has 1 unspecified atom stereocenters. The van der Waals surface area contributed by atoms with Gasteiger partial charge in [0.25, 0.3) is 0 Å². The lowest BCUT2D eigenvalue weighted by atomic mass is 10.0. The lowest BCUT2D eigenvalue weighted by molar-refractivity contribution is -0.128. The molecule has 4 heterocycles. The van der Waals surface area contributed by atoms with E-state index < -0.39 is 37.0 Å². The maximum atomic E-state index is 12.2. The number of para-hydroxylation sites is 8. The van der Waals surface area contributed by atoms with Gasteiger partial charge in [0, 0.05) is 26.7 Å². The van der Waals surface area contributed by atoms with Crippen LogP contribution in [0.1, 0.15) is 139 Å². The third-order valence-corrected chi connectivity index (χ3v) is 24.6. The number of aromatic nitrogens is 8. The van der Waals surface area contributed by atoms with E-state index in [9.17, 15) is 35.1 Å². The van der Waals surface area contributed by atoms with Crippen molar-refractivity contribution in [2.45, 2.75) is 157 Å². The van der Waals surface area contributed by atoms with Gasteiger partial charge in [-0.05, 0) is 187 Å². The minimum atomic E-state index is -1.08. The van der Waals surface area contributed by atoms with E-state index >= 15 is 0 Å². The highest BCUT2D eigenvalue weighted by atomic mass is 16.5. The minimum absolute atomic E-state index is 0.0388. The summed E-state index contributed by atoms with van der Waals surface area (Å²) in [6.07, 6.45) is 2.61. The van der Waals surface area contributed by atoms with Crippen molar-refractivity contribution in [2.75, 3.05) is 46.6 Å². The second kappa shape index (κ2) is 45.0. The number of benzene rings is 12. The van der Waals surface area contributed by atoms with E-state index in [1.807, 2.05) is 100 Å². The van der Waals surface area contributed by atoms with E-state index in [2.05, 4.69) is 306 Å². The number of amides is 3. The summed E-state index contributed by atoms with van der Waals surface area (Å²) >= 11 is 0. The highest BCUT2D eigenvalue weighted by Crippen LogP contribution is 2.31. The molecular weight excluding hydrogens is 1640 g/mol. The van der Waals surface area contributed by atoms with Crippen molar-refractivity contribution in [2.24, 2.45) is 0 Å². The van der Waals surface area contributed by atoms with E-state index in [-0.39, 0.29) is 30.2 Å². The average Bonchev–Trinajstić information content (AvgIpc) is 1.59. The van der Waals surface area contributed by atoms with Gasteiger partial charge in [-0.1, -0.05) is 294 Å². The summed E-state index contributed by atoms with van der Waals surface area (Å²) < 4.78 is 22.0. The number of fused-ring (bicyclic) bond motifs is 4. The molecule has 0 radical (unpaired) electrons. The first-order valence-electron chi connectivity index (χ1n) is 45.4. The summed E-state index contributed by atoms with van der Waals surface area (Å²) in [4.78, 5) is 35.9. The van der Waals surface area contributed by atoms with Crippen LogP contribution in [-0.4, -0.2) is 122 Å². The van der Waals surface area contributed by atoms with Crippen LogP contribution in [0.4, 0.5) is 0 Å². The van der Waals surface area contributed by atoms with Gasteiger partial charge < -0.3 is 72.5 Å². The number of nitrogens with zero attached hydrogens (tertiary/aromatic N) is 8. The molecule has 10 N–H and O–H groups in total. The molecule has 3 amide bonds. The predicted molar refractivity (Wildman–Crippen MR) is 526 cm³/mol. The first-order valence-corrected chi connectivity index (χ1v) is 45.4. The Morgan fingerprint density at radius 1 is 0.318 bits per heavy atom. The van der Waals surface area contributed by atoms with Gasteiger partial charge in [0.15, 0.2) is 0 Å². The molecule has 0 aliphatic carbocycles. The van der Waals surface area contributed by atoms with E-state index in [4.69, 9.17) is 21.0 Å². The van der Waals surface area contributed by atoms with E-state index in [0.717, 1.165) is 90.4 Å². The number of aliphatic hydroxyl groups excluding tert-OH is 3. The van der Waals surface area contributed by atoms with Crippen LogP contribution in [0.3, 0.4) is 0 Å². The molecule has 0 spiro atoms. The topological polar surface area (TPSA) is 292 Å². The number of aryl methyl sites for hydroxylation is 8. The molecule has 22 nitrogen and oxygen atoms in total. The van der Waals surface area contributed by atoms with Crippen LogP contribution >= 0.6 is 0 Å². The third kappa shape index (κ3) is 23.8. The zero-order valence-electron chi connectivity index (χ0n) is 77.6. The molecule has 4 aromatic heterocycles. The smallest absolute Gasteiger partial charge is 0.248 e. The lowest BCUT2D eigenvalue weighted by Gasteiger charge is -2.21. The zero-order valence-corrected chi connectivity index (χ0v) is 77.6. The number of hydrogen-bond acceptors (Lipinski definition) is 11. The van der Waals surface area contributed by atoms with Crippen molar-refractivity contribution in [3.05, 3.63) is 403 Å². The molecule has 0 saturated heterocycles. The second-order valence-corrected chi connectivity index (χ2v) is 34.8. The van der Waals surface area contributed by atoms with E-state index in [0.29, 0.717) is 87.6 Å². The number of hydrogen-bond donors (Lipinski definition) is 10. The Morgan fingerprint density at radius 2 is 0.553 bits per heavy atom. The number of rotatable bonds is 32. The Balaban J connectivity index is 0.000000150. The molecule has 0 saturated carbocycles. The van der Waals surface area contributed by atoms with E-state index in [1.54, 1.807) is 7.11 Å². The van der Waals surface area contributed by atoms with Crippen LogP contribution in [0.5, 0.6) is 0 Å². The number of ether oxygens (including phenoxy) is 1. The molecule has 12 aromatic carbocycles. The zero-order chi connectivity index (χ0) is 93.6. The largest absolute Gasteiger partial charge is 0.387 e. The van der Waals surface area contributed by atoms with Crippen molar-refractivity contribution in [1.29, 1.82) is 21.6 Å². The molecule has 22 heteroatoms. The number of aliphatic hydroxyl groups is 3. The van der Waals surface area contributed by atoms with Crippen molar-refractivity contribution < 1.29 is 34.4 Å².